The summed E-state index contributed by atoms with van der Waals surface area (Å²) in [6.07, 6.45) is 0. The fourth-order valence-corrected chi connectivity index (χ4v) is 1.73. The third kappa shape index (κ3) is 7.85. The van der Waals surface area contributed by atoms with Crippen LogP contribution in [-0.4, -0.2) is 25.9 Å². The van der Waals surface area contributed by atoms with Gasteiger partial charge in [-0.1, -0.05) is 4.52 Å². The summed E-state index contributed by atoms with van der Waals surface area (Å²) in [5.74, 6) is 0. The molecule has 12 heteroatoms. The number of hydrogen-bond donors (Lipinski definition) is 0. The molecule has 1 aromatic rings. The van der Waals surface area contributed by atoms with Gasteiger partial charge in [0.2, 0.25) is 10.3 Å². The van der Waals surface area contributed by atoms with Gasteiger partial charge in [-0.3, -0.25) is 0 Å². The zero-order valence-corrected chi connectivity index (χ0v) is 16.0. The molecule has 0 radical (unpaired) electrons. The van der Waals surface area contributed by atoms with E-state index >= 15 is 0 Å². The van der Waals surface area contributed by atoms with Gasteiger partial charge in [-0.05, 0) is 30.7 Å². The largest absolute Gasteiger partial charge is 1.00 e. The zero-order chi connectivity index (χ0) is 13.3. The second kappa shape index (κ2) is 8.17. The molecule has 0 saturated carbocycles. The van der Waals surface area contributed by atoms with Gasteiger partial charge in [-0.2, -0.15) is 0 Å². The second-order valence-electron chi connectivity index (χ2n) is 3.01. The van der Waals surface area contributed by atoms with Crippen molar-refractivity contribution in [3.8, 4) is 0 Å². The predicted octanol–water partition coefficient (Wildman–Crippen LogP) is -5.55. The summed E-state index contributed by atoms with van der Waals surface area (Å²) in [6, 6.07) is 3.03. The van der Waals surface area contributed by atoms with E-state index < -0.39 is 25.3 Å². The summed E-state index contributed by atoms with van der Waals surface area (Å²) >= 11 is 0. The molecule has 0 aliphatic rings. The Balaban J connectivity index is 0. The van der Waals surface area contributed by atoms with E-state index in [1.807, 2.05) is 0 Å². The van der Waals surface area contributed by atoms with Gasteiger partial charge >= 0.3 is 59.1 Å². The minimum Gasteiger partial charge on any atom is -0.744 e. The SMILES string of the molecule is Cc1cc(S(=O)(=O)[O-])ccc1N=NS(=O)(=O)[O-].[Na+].[Na+]. The van der Waals surface area contributed by atoms with Crippen LogP contribution in [0.2, 0.25) is 0 Å². The molecule has 94 valence electrons. The number of nitrogens with zero attached hydrogens (tertiary/aromatic N) is 2. The topological polar surface area (TPSA) is 139 Å². The van der Waals surface area contributed by atoms with Crippen molar-refractivity contribution in [2.75, 3.05) is 0 Å². The van der Waals surface area contributed by atoms with Crippen molar-refractivity contribution in [1.82, 2.24) is 0 Å². The Labute approximate surface area is 154 Å². The number of hydrogen-bond acceptors (Lipinski definition) is 7. The van der Waals surface area contributed by atoms with Gasteiger partial charge in [-0.15, -0.1) is 5.11 Å². The maximum absolute atomic E-state index is 10.7. The van der Waals surface area contributed by atoms with Crippen molar-refractivity contribution in [1.29, 1.82) is 0 Å². The van der Waals surface area contributed by atoms with Crippen molar-refractivity contribution >= 4 is 26.1 Å². The Bertz CT molecular complexity index is 671. The Kier molecular flexibility index (Phi) is 9.43. The Morgan fingerprint density at radius 3 is 1.95 bits per heavy atom. The van der Waals surface area contributed by atoms with Crippen LogP contribution in [0.3, 0.4) is 0 Å². The van der Waals surface area contributed by atoms with Crippen molar-refractivity contribution in [2.45, 2.75) is 11.8 Å². The number of benzene rings is 1. The van der Waals surface area contributed by atoms with Gasteiger partial charge in [-0.25, -0.2) is 16.8 Å². The van der Waals surface area contributed by atoms with Crippen LogP contribution in [0, 0.1) is 6.92 Å². The molecule has 1 aromatic carbocycles. The molecule has 0 atom stereocenters. The fourth-order valence-electron chi connectivity index (χ4n) is 0.990. The molecule has 0 aliphatic carbocycles. The van der Waals surface area contributed by atoms with Gasteiger partial charge in [0.15, 0.2) is 0 Å². The molecular formula is C7H6N2Na2O6S2. The van der Waals surface area contributed by atoms with Crippen molar-refractivity contribution in [3.63, 3.8) is 0 Å². The molecule has 1 rings (SSSR count). The van der Waals surface area contributed by atoms with Crippen molar-refractivity contribution < 1.29 is 85.1 Å². The van der Waals surface area contributed by atoms with Crippen LogP contribution < -0.4 is 59.1 Å². The van der Waals surface area contributed by atoms with Crippen LogP contribution in [0.1, 0.15) is 5.56 Å². The first-order valence-corrected chi connectivity index (χ1v) is 6.82. The molecule has 0 aromatic heterocycles. The van der Waals surface area contributed by atoms with Crippen LogP contribution in [0.15, 0.2) is 32.7 Å². The smallest absolute Gasteiger partial charge is 0.744 e. The summed E-state index contributed by atoms with van der Waals surface area (Å²) in [4.78, 5) is -0.473. The second-order valence-corrected chi connectivity index (χ2v) is 5.41. The van der Waals surface area contributed by atoms with Crippen LogP contribution in [0.4, 0.5) is 5.69 Å². The molecule has 0 spiro atoms. The molecule has 0 amide bonds. The van der Waals surface area contributed by atoms with Crippen LogP contribution in [0.5, 0.6) is 0 Å². The molecular weight excluding hydrogens is 318 g/mol. The average Bonchev–Trinajstić information content (AvgIpc) is 2.12. The number of aryl methyl sites for hydroxylation is 1. The van der Waals surface area contributed by atoms with Crippen molar-refractivity contribution in [3.05, 3.63) is 23.8 Å². The molecule has 0 heterocycles. The van der Waals surface area contributed by atoms with E-state index in [4.69, 9.17) is 0 Å². The van der Waals surface area contributed by atoms with E-state index in [1.54, 1.807) is 0 Å². The summed E-state index contributed by atoms with van der Waals surface area (Å²) < 4.78 is 65.0. The molecule has 0 N–H and O–H groups in total. The van der Waals surface area contributed by atoms with Crippen LogP contribution in [-0.2, 0) is 20.4 Å². The third-order valence-corrected chi connectivity index (χ3v) is 2.82. The summed E-state index contributed by atoms with van der Waals surface area (Å²) in [5, 5.41) is 3.13. The maximum Gasteiger partial charge on any atom is 1.00 e. The van der Waals surface area contributed by atoms with E-state index in [-0.39, 0.29) is 70.4 Å². The van der Waals surface area contributed by atoms with Crippen molar-refractivity contribution in [2.24, 2.45) is 9.63 Å². The monoisotopic (exact) mass is 324 g/mol. The van der Waals surface area contributed by atoms with Gasteiger partial charge in [0.05, 0.1) is 10.6 Å². The van der Waals surface area contributed by atoms with Crippen LogP contribution >= 0.6 is 0 Å². The predicted molar refractivity (Wildman–Crippen MR) is 53.4 cm³/mol. The summed E-state index contributed by atoms with van der Waals surface area (Å²) in [7, 11) is -9.44. The van der Waals surface area contributed by atoms with Gasteiger partial charge in [0, 0.05) is 0 Å². The molecule has 0 fully saturated rings. The van der Waals surface area contributed by atoms with Gasteiger partial charge < -0.3 is 9.11 Å². The zero-order valence-electron chi connectivity index (χ0n) is 10.4. The first-order chi connectivity index (χ1) is 7.59. The average molecular weight is 324 g/mol. The van der Waals surface area contributed by atoms with E-state index in [1.165, 1.54) is 6.92 Å². The van der Waals surface area contributed by atoms with E-state index in [2.05, 4.69) is 9.63 Å². The van der Waals surface area contributed by atoms with E-state index in [0.29, 0.717) is 0 Å². The van der Waals surface area contributed by atoms with E-state index in [0.717, 1.165) is 18.2 Å². The van der Waals surface area contributed by atoms with Gasteiger partial charge in [0.25, 0.3) is 0 Å². The molecule has 8 nitrogen and oxygen atoms in total. The Morgan fingerprint density at radius 2 is 1.58 bits per heavy atom. The normalized spacial score (nSPS) is 11.7. The molecule has 0 bridgehead atoms. The fraction of sp³-hybridized carbons (Fsp3) is 0.143. The first kappa shape index (κ1) is 21.9. The van der Waals surface area contributed by atoms with Crippen LogP contribution in [0.25, 0.3) is 0 Å². The van der Waals surface area contributed by atoms with E-state index in [9.17, 15) is 25.9 Å². The minimum atomic E-state index is -4.85. The minimum absolute atomic E-state index is 0. The quantitative estimate of drug-likeness (QED) is 0.309. The summed E-state index contributed by atoms with van der Waals surface area (Å²) in [6.45, 7) is 1.39. The third-order valence-electron chi connectivity index (χ3n) is 1.71. The maximum atomic E-state index is 10.7. The number of rotatable bonds is 3. The Morgan fingerprint density at radius 1 is 1.05 bits per heavy atom. The first-order valence-electron chi connectivity index (χ1n) is 4.05. The standard InChI is InChI=1S/C7H8N2O6S2.2Na/c1-5-4-6(16(10,11)12)2-3-7(5)8-9-17(13,14)15;;/h2-4H,1H3,(H,10,11,12)(H,13,14,15);;/q;2*+1/p-2. The molecule has 0 saturated heterocycles. The molecule has 0 aliphatic heterocycles. The molecule has 19 heavy (non-hydrogen) atoms. The van der Waals surface area contributed by atoms with Gasteiger partial charge in [0.1, 0.15) is 10.1 Å². The molecule has 0 unspecified atom stereocenters. The Hall–Kier alpha value is 0.640. The summed E-state index contributed by atoms with van der Waals surface area (Å²) in [5.41, 5.74) is 0.186.